The quantitative estimate of drug-likeness (QED) is 0.414. The van der Waals surface area contributed by atoms with Crippen LogP contribution in [0.3, 0.4) is 0 Å². The Labute approximate surface area is 159 Å². The van der Waals surface area contributed by atoms with Crippen molar-refractivity contribution in [2.24, 2.45) is 10.7 Å². The summed E-state index contributed by atoms with van der Waals surface area (Å²) in [5.41, 5.74) is 10.1. The van der Waals surface area contributed by atoms with E-state index in [4.69, 9.17) is 10.5 Å². The molecule has 2 rings (SSSR count). The number of halogens is 2. The number of nitrogens with one attached hydrogen (secondary N) is 1. The highest BCUT2D eigenvalue weighted by atomic mass is 127. The van der Waals surface area contributed by atoms with E-state index in [1.165, 1.54) is 23.3 Å². The molecule has 0 saturated carbocycles. The lowest BCUT2D eigenvalue weighted by Crippen LogP contribution is -2.24. The molecule has 0 aliphatic heterocycles. The molecule has 0 aliphatic rings. The van der Waals surface area contributed by atoms with E-state index in [1.807, 2.05) is 25.1 Å². The Bertz CT molecular complexity index is 689. The van der Waals surface area contributed by atoms with E-state index in [1.54, 1.807) is 19.2 Å². The summed E-state index contributed by atoms with van der Waals surface area (Å²) in [6.07, 6.45) is -0.268. The molecule has 0 bridgehead atoms. The fraction of sp³-hybridized carbons (Fsp3) is 0.278. The van der Waals surface area contributed by atoms with Crippen LogP contribution in [0.2, 0.25) is 0 Å². The van der Waals surface area contributed by atoms with Crippen molar-refractivity contribution in [3.05, 3.63) is 65.0 Å². The van der Waals surface area contributed by atoms with Crippen molar-refractivity contribution in [2.45, 2.75) is 20.0 Å². The number of benzene rings is 2. The van der Waals surface area contributed by atoms with Gasteiger partial charge in [0.25, 0.3) is 0 Å². The number of hydrogen-bond acceptors (Lipinski definition) is 2. The van der Waals surface area contributed by atoms with Crippen molar-refractivity contribution in [1.29, 1.82) is 0 Å². The largest absolute Gasteiger partial charge is 0.375 e. The van der Waals surface area contributed by atoms with E-state index in [-0.39, 0.29) is 35.9 Å². The molecular formula is C18H23FIN3O. The first-order valence-corrected chi connectivity index (χ1v) is 7.42. The van der Waals surface area contributed by atoms with E-state index < -0.39 is 0 Å². The van der Waals surface area contributed by atoms with Crippen LogP contribution < -0.4 is 11.1 Å². The summed E-state index contributed by atoms with van der Waals surface area (Å²) < 4.78 is 18.4. The van der Waals surface area contributed by atoms with Gasteiger partial charge in [0.15, 0.2) is 5.96 Å². The number of rotatable bonds is 5. The molecule has 2 aromatic rings. The SMILES string of the molecule is COC(CN=C(N)Nc1ccc(C)c(C)c1)c1ccc(F)cc1.I. The Hall–Kier alpha value is -1.67. The van der Waals surface area contributed by atoms with Gasteiger partial charge in [0, 0.05) is 12.8 Å². The average Bonchev–Trinajstić information content (AvgIpc) is 2.53. The highest BCUT2D eigenvalue weighted by molar-refractivity contribution is 14.0. The molecule has 0 saturated heterocycles. The summed E-state index contributed by atoms with van der Waals surface area (Å²) in [6.45, 7) is 4.46. The molecule has 0 aromatic heterocycles. The Balaban J connectivity index is 0.00000288. The van der Waals surface area contributed by atoms with Gasteiger partial charge < -0.3 is 15.8 Å². The lowest BCUT2D eigenvalue weighted by atomic mass is 10.1. The third-order valence-corrected chi connectivity index (χ3v) is 3.73. The van der Waals surface area contributed by atoms with Gasteiger partial charge in [-0.25, -0.2) is 4.39 Å². The highest BCUT2D eigenvalue weighted by Crippen LogP contribution is 2.18. The molecule has 1 atom stereocenters. The average molecular weight is 443 g/mol. The molecule has 3 N–H and O–H groups in total. The first kappa shape index (κ1) is 20.4. The second-order valence-corrected chi connectivity index (χ2v) is 5.43. The number of aliphatic imine (C=N–C) groups is 1. The predicted molar refractivity (Wildman–Crippen MR) is 108 cm³/mol. The van der Waals surface area contributed by atoms with Gasteiger partial charge >= 0.3 is 0 Å². The Morgan fingerprint density at radius 3 is 2.42 bits per heavy atom. The molecular weight excluding hydrogens is 420 g/mol. The van der Waals surface area contributed by atoms with Gasteiger partial charge in [-0.1, -0.05) is 18.2 Å². The summed E-state index contributed by atoms with van der Waals surface area (Å²) >= 11 is 0. The number of methoxy groups -OCH3 is 1. The van der Waals surface area contributed by atoms with Gasteiger partial charge in [0.1, 0.15) is 11.9 Å². The maximum atomic E-state index is 13.0. The smallest absolute Gasteiger partial charge is 0.193 e. The Morgan fingerprint density at radius 2 is 1.83 bits per heavy atom. The van der Waals surface area contributed by atoms with Crippen LogP contribution in [0.1, 0.15) is 22.8 Å². The zero-order chi connectivity index (χ0) is 16.8. The Kier molecular flexibility index (Phi) is 8.14. The van der Waals surface area contributed by atoms with Gasteiger partial charge in [0.2, 0.25) is 0 Å². The van der Waals surface area contributed by atoms with E-state index in [0.717, 1.165) is 11.3 Å². The first-order valence-electron chi connectivity index (χ1n) is 7.42. The lowest BCUT2D eigenvalue weighted by Gasteiger charge is -2.14. The minimum absolute atomic E-state index is 0. The molecule has 0 fully saturated rings. The predicted octanol–water partition coefficient (Wildman–Crippen LogP) is 4.17. The van der Waals surface area contributed by atoms with Crippen molar-refractivity contribution in [2.75, 3.05) is 19.0 Å². The molecule has 0 aliphatic carbocycles. The molecule has 0 radical (unpaired) electrons. The Morgan fingerprint density at radius 1 is 1.17 bits per heavy atom. The molecule has 130 valence electrons. The third-order valence-electron chi connectivity index (χ3n) is 3.73. The third kappa shape index (κ3) is 5.76. The van der Waals surface area contributed by atoms with Crippen LogP contribution >= 0.6 is 24.0 Å². The summed E-state index contributed by atoms with van der Waals surface area (Å²) in [5, 5.41) is 3.06. The van der Waals surface area contributed by atoms with Gasteiger partial charge in [-0.05, 0) is 54.8 Å². The van der Waals surface area contributed by atoms with Crippen LogP contribution in [0.4, 0.5) is 10.1 Å². The number of hydrogen-bond donors (Lipinski definition) is 2. The second-order valence-electron chi connectivity index (χ2n) is 5.43. The van der Waals surface area contributed by atoms with Gasteiger partial charge in [-0.2, -0.15) is 0 Å². The number of aryl methyl sites for hydroxylation is 2. The highest BCUT2D eigenvalue weighted by Gasteiger charge is 2.10. The number of guanidine groups is 1. The number of nitrogens with two attached hydrogens (primary N) is 1. The zero-order valence-corrected chi connectivity index (χ0v) is 16.4. The molecule has 4 nitrogen and oxygen atoms in total. The van der Waals surface area contributed by atoms with Gasteiger partial charge in [-0.3, -0.25) is 4.99 Å². The number of nitrogens with zero attached hydrogens (tertiary/aromatic N) is 1. The molecule has 6 heteroatoms. The summed E-state index contributed by atoms with van der Waals surface area (Å²) in [7, 11) is 1.59. The van der Waals surface area contributed by atoms with Crippen molar-refractivity contribution in [3.8, 4) is 0 Å². The maximum absolute atomic E-state index is 13.0. The fourth-order valence-corrected chi connectivity index (χ4v) is 2.18. The van der Waals surface area contributed by atoms with Crippen LogP contribution in [-0.2, 0) is 4.74 Å². The fourth-order valence-electron chi connectivity index (χ4n) is 2.18. The lowest BCUT2D eigenvalue weighted by molar-refractivity contribution is 0.111. The molecule has 0 heterocycles. The van der Waals surface area contributed by atoms with E-state index >= 15 is 0 Å². The van der Waals surface area contributed by atoms with Crippen LogP contribution in [-0.4, -0.2) is 19.6 Å². The monoisotopic (exact) mass is 443 g/mol. The number of anilines is 1. The molecule has 2 aromatic carbocycles. The summed E-state index contributed by atoms with van der Waals surface area (Å²) in [5.74, 6) is 0.0421. The van der Waals surface area contributed by atoms with E-state index in [0.29, 0.717) is 12.5 Å². The maximum Gasteiger partial charge on any atom is 0.193 e. The summed E-state index contributed by atoms with van der Waals surface area (Å²) in [4.78, 5) is 4.31. The molecule has 24 heavy (non-hydrogen) atoms. The first-order chi connectivity index (χ1) is 11.0. The standard InChI is InChI=1S/C18H22FN3O.HI/c1-12-4-9-16(10-13(12)2)22-18(20)21-11-17(23-3)14-5-7-15(19)8-6-14;/h4-10,17H,11H2,1-3H3,(H3,20,21,22);1H. The topological polar surface area (TPSA) is 59.6 Å². The van der Waals surface area contributed by atoms with Crippen LogP contribution in [0, 0.1) is 19.7 Å². The molecule has 1 unspecified atom stereocenters. The second kappa shape index (κ2) is 9.58. The zero-order valence-electron chi connectivity index (χ0n) is 14.0. The van der Waals surface area contributed by atoms with Crippen LogP contribution in [0.25, 0.3) is 0 Å². The molecule has 0 spiro atoms. The van der Waals surface area contributed by atoms with Crippen LogP contribution in [0.15, 0.2) is 47.5 Å². The number of ether oxygens (including phenoxy) is 1. The minimum atomic E-state index is -0.275. The molecule has 0 amide bonds. The van der Waals surface area contributed by atoms with Crippen molar-refractivity contribution in [3.63, 3.8) is 0 Å². The van der Waals surface area contributed by atoms with E-state index in [2.05, 4.69) is 17.2 Å². The normalized spacial score (nSPS) is 12.4. The van der Waals surface area contributed by atoms with Gasteiger partial charge in [-0.15, -0.1) is 24.0 Å². The van der Waals surface area contributed by atoms with Crippen molar-refractivity contribution < 1.29 is 9.13 Å². The minimum Gasteiger partial charge on any atom is -0.375 e. The van der Waals surface area contributed by atoms with Gasteiger partial charge in [0.05, 0.1) is 6.54 Å². The van der Waals surface area contributed by atoms with E-state index in [9.17, 15) is 4.39 Å². The van der Waals surface area contributed by atoms with Crippen molar-refractivity contribution >= 4 is 35.6 Å². The van der Waals surface area contributed by atoms with Crippen LogP contribution in [0.5, 0.6) is 0 Å². The summed E-state index contributed by atoms with van der Waals surface area (Å²) in [6, 6.07) is 12.2. The van der Waals surface area contributed by atoms with Crippen molar-refractivity contribution in [1.82, 2.24) is 0 Å².